The first kappa shape index (κ1) is 14.3. The molecule has 17 heavy (non-hydrogen) atoms. The molecule has 0 saturated carbocycles. The number of hydrogen-bond donors (Lipinski definition) is 1. The highest BCUT2D eigenvalue weighted by atomic mass is 35.5. The normalized spacial score (nSPS) is 12.9. The summed E-state index contributed by atoms with van der Waals surface area (Å²) in [7, 11) is 1.64. The van der Waals surface area contributed by atoms with Crippen LogP contribution in [0.1, 0.15) is 31.9 Å². The van der Waals surface area contributed by atoms with Crippen molar-refractivity contribution in [3.05, 3.63) is 28.3 Å². The minimum absolute atomic E-state index is 0.443. The first-order chi connectivity index (χ1) is 7.93. The molecule has 0 aliphatic heterocycles. The molecule has 1 atom stereocenters. The molecule has 0 fully saturated rings. The fraction of sp³-hybridized carbons (Fsp3) is 0.571. The van der Waals surface area contributed by atoms with Crippen LogP contribution >= 0.6 is 11.6 Å². The van der Waals surface area contributed by atoms with Crippen molar-refractivity contribution in [2.75, 3.05) is 7.11 Å². The fourth-order valence-corrected chi connectivity index (χ4v) is 2.29. The topological polar surface area (TPSA) is 21.3 Å². The highest BCUT2D eigenvalue weighted by Crippen LogP contribution is 2.28. The van der Waals surface area contributed by atoms with Crippen molar-refractivity contribution in [3.63, 3.8) is 0 Å². The third-order valence-electron chi connectivity index (χ3n) is 2.75. The molecule has 2 nitrogen and oxygen atoms in total. The van der Waals surface area contributed by atoms with Crippen LogP contribution in [0.15, 0.2) is 12.1 Å². The monoisotopic (exact) mass is 255 g/mol. The van der Waals surface area contributed by atoms with E-state index < -0.39 is 0 Å². The molecular weight excluding hydrogens is 234 g/mol. The highest BCUT2D eigenvalue weighted by Gasteiger charge is 2.10. The van der Waals surface area contributed by atoms with Gasteiger partial charge in [0.25, 0.3) is 0 Å². The zero-order valence-electron chi connectivity index (χ0n) is 11.3. The molecule has 0 aliphatic carbocycles. The Balaban J connectivity index is 2.81. The molecule has 0 bridgehead atoms. The molecule has 0 radical (unpaired) electrons. The predicted molar refractivity (Wildman–Crippen MR) is 74.2 cm³/mol. The quantitative estimate of drug-likeness (QED) is 0.868. The molecule has 96 valence electrons. The molecule has 0 aromatic heterocycles. The minimum atomic E-state index is 0.443. The van der Waals surface area contributed by atoms with Gasteiger partial charge in [-0.15, -0.1) is 0 Å². The van der Waals surface area contributed by atoms with Crippen LogP contribution in [0.4, 0.5) is 0 Å². The van der Waals surface area contributed by atoms with Gasteiger partial charge in [0.15, 0.2) is 0 Å². The summed E-state index contributed by atoms with van der Waals surface area (Å²) >= 11 is 6.15. The second-order valence-corrected chi connectivity index (χ2v) is 5.25. The fourth-order valence-electron chi connectivity index (χ4n) is 2.03. The standard InChI is InChI=1S/C14H22ClNO/c1-9(2)16-11(4)7-12-8-13(15)14(17-5)6-10(12)3/h6,8-9,11,16H,7H2,1-5H3. The van der Waals surface area contributed by atoms with Crippen LogP contribution in [0.25, 0.3) is 0 Å². The number of benzene rings is 1. The van der Waals surface area contributed by atoms with Crippen molar-refractivity contribution < 1.29 is 4.74 Å². The number of aryl methyl sites for hydroxylation is 1. The van der Waals surface area contributed by atoms with E-state index in [2.05, 4.69) is 33.0 Å². The van der Waals surface area contributed by atoms with Gasteiger partial charge in [-0.25, -0.2) is 0 Å². The maximum Gasteiger partial charge on any atom is 0.137 e. The molecule has 3 heteroatoms. The van der Waals surface area contributed by atoms with E-state index in [0.29, 0.717) is 17.1 Å². The van der Waals surface area contributed by atoms with Crippen LogP contribution in [0, 0.1) is 6.92 Å². The lowest BCUT2D eigenvalue weighted by Gasteiger charge is -2.18. The van der Waals surface area contributed by atoms with Crippen molar-refractivity contribution in [2.45, 2.75) is 46.2 Å². The summed E-state index contributed by atoms with van der Waals surface area (Å²) in [6.07, 6.45) is 0.980. The Kier molecular flexibility index (Phi) is 5.29. The van der Waals surface area contributed by atoms with Gasteiger partial charge in [-0.05, 0) is 43.5 Å². The van der Waals surface area contributed by atoms with Gasteiger partial charge in [-0.2, -0.15) is 0 Å². The Morgan fingerprint density at radius 3 is 2.47 bits per heavy atom. The van der Waals surface area contributed by atoms with Gasteiger partial charge in [-0.3, -0.25) is 0 Å². The van der Waals surface area contributed by atoms with E-state index >= 15 is 0 Å². The van der Waals surface area contributed by atoms with Gasteiger partial charge in [0.05, 0.1) is 12.1 Å². The van der Waals surface area contributed by atoms with E-state index in [4.69, 9.17) is 16.3 Å². The molecule has 0 heterocycles. The number of hydrogen-bond acceptors (Lipinski definition) is 2. The van der Waals surface area contributed by atoms with Crippen molar-refractivity contribution >= 4 is 11.6 Å². The number of methoxy groups -OCH3 is 1. The maximum absolute atomic E-state index is 6.15. The van der Waals surface area contributed by atoms with E-state index in [1.807, 2.05) is 12.1 Å². The van der Waals surface area contributed by atoms with Gasteiger partial charge >= 0.3 is 0 Å². The van der Waals surface area contributed by atoms with Gasteiger partial charge in [-0.1, -0.05) is 25.4 Å². The van der Waals surface area contributed by atoms with Crippen LogP contribution in [-0.2, 0) is 6.42 Å². The van der Waals surface area contributed by atoms with Gasteiger partial charge in [0.1, 0.15) is 5.75 Å². The SMILES string of the molecule is COc1cc(C)c(CC(C)NC(C)C)cc1Cl. The van der Waals surface area contributed by atoms with Crippen LogP contribution in [0.5, 0.6) is 5.75 Å². The van der Waals surface area contributed by atoms with Crippen molar-refractivity contribution in [3.8, 4) is 5.75 Å². The Labute approximate surface area is 109 Å². The molecule has 0 amide bonds. The molecule has 0 aliphatic rings. The van der Waals surface area contributed by atoms with Gasteiger partial charge < -0.3 is 10.1 Å². The average Bonchev–Trinajstić information content (AvgIpc) is 2.21. The average molecular weight is 256 g/mol. The van der Waals surface area contributed by atoms with Gasteiger partial charge in [0.2, 0.25) is 0 Å². The predicted octanol–water partition coefficient (Wildman–Crippen LogP) is 3.59. The van der Waals surface area contributed by atoms with Crippen LogP contribution in [-0.4, -0.2) is 19.2 Å². The zero-order chi connectivity index (χ0) is 13.0. The summed E-state index contributed by atoms with van der Waals surface area (Å²) in [5.41, 5.74) is 2.50. The number of nitrogens with one attached hydrogen (secondary N) is 1. The van der Waals surface area contributed by atoms with Crippen LogP contribution in [0.3, 0.4) is 0 Å². The first-order valence-corrected chi connectivity index (χ1v) is 6.41. The van der Waals surface area contributed by atoms with E-state index in [1.165, 1.54) is 11.1 Å². The van der Waals surface area contributed by atoms with E-state index in [9.17, 15) is 0 Å². The molecule has 1 unspecified atom stereocenters. The van der Waals surface area contributed by atoms with E-state index in [-0.39, 0.29) is 0 Å². The summed E-state index contributed by atoms with van der Waals surface area (Å²) in [5, 5.41) is 4.18. The summed E-state index contributed by atoms with van der Waals surface area (Å²) < 4.78 is 5.20. The van der Waals surface area contributed by atoms with Crippen LogP contribution in [0.2, 0.25) is 5.02 Å². The largest absolute Gasteiger partial charge is 0.495 e. The Bertz CT molecular complexity index is 377. The Morgan fingerprint density at radius 2 is 1.94 bits per heavy atom. The second kappa shape index (κ2) is 6.27. The van der Waals surface area contributed by atoms with E-state index in [0.717, 1.165) is 12.2 Å². The van der Waals surface area contributed by atoms with Crippen molar-refractivity contribution in [1.29, 1.82) is 0 Å². The summed E-state index contributed by atoms with van der Waals surface area (Å²) in [5.74, 6) is 0.748. The molecule has 0 saturated heterocycles. The highest BCUT2D eigenvalue weighted by molar-refractivity contribution is 6.32. The molecule has 1 rings (SSSR count). The smallest absolute Gasteiger partial charge is 0.137 e. The molecular formula is C14H22ClNO. The summed E-state index contributed by atoms with van der Waals surface area (Å²) in [6, 6.07) is 4.95. The Hall–Kier alpha value is -0.730. The third-order valence-corrected chi connectivity index (χ3v) is 3.05. The molecule has 1 aromatic rings. The summed E-state index contributed by atoms with van der Waals surface area (Å²) in [4.78, 5) is 0. The molecule has 1 N–H and O–H groups in total. The number of halogens is 1. The van der Waals surface area contributed by atoms with E-state index in [1.54, 1.807) is 7.11 Å². The molecule has 1 aromatic carbocycles. The minimum Gasteiger partial charge on any atom is -0.495 e. The lowest BCUT2D eigenvalue weighted by Crippen LogP contribution is -2.34. The first-order valence-electron chi connectivity index (χ1n) is 6.03. The lowest BCUT2D eigenvalue weighted by molar-refractivity contribution is 0.414. The molecule has 0 spiro atoms. The van der Waals surface area contributed by atoms with Gasteiger partial charge in [0, 0.05) is 12.1 Å². The third kappa shape index (κ3) is 4.21. The summed E-state index contributed by atoms with van der Waals surface area (Å²) in [6.45, 7) is 8.60. The number of ether oxygens (including phenoxy) is 1. The zero-order valence-corrected chi connectivity index (χ0v) is 12.1. The van der Waals surface area contributed by atoms with Crippen LogP contribution < -0.4 is 10.1 Å². The maximum atomic E-state index is 6.15. The lowest BCUT2D eigenvalue weighted by atomic mass is 10.0. The number of rotatable bonds is 5. The van der Waals surface area contributed by atoms with Crippen molar-refractivity contribution in [2.24, 2.45) is 0 Å². The van der Waals surface area contributed by atoms with Crippen molar-refractivity contribution in [1.82, 2.24) is 5.32 Å². The second-order valence-electron chi connectivity index (χ2n) is 4.84. The Morgan fingerprint density at radius 1 is 1.29 bits per heavy atom.